The van der Waals surface area contributed by atoms with E-state index >= 15 is 0 Å². The van der Waals surface area contributed by atoms with E-state index in [9.17, 15) is 18.0 Å². The summed E-state index contributed by atoms with van der Waals surface area (Å²) in [5.74, 6) is -0.972. The average Bonchev–Trinajstić information content (AvgIpc) is 2.80. The molecule has 1 aliphatic rings. The van der Waals surface area contributed by atoms with E-state index in [1.807, 2.05) is 31.2 Å². The van der Waals surface area contributed by atoms with Crippen molar-refractivity contribution in [3.63, 3.8) is 0 Å². The van der Waals surface area contributed by atoms with Crippen LogP contribution in [0.3, 0.4) is 0 Å². The summed E-state index contributed by atoms with van der Waals surface area (Å²) in [6, 6.07) is 10.9. The summed E-state index contributed by atoms with van der Waals surface area (Å²) in [7, 11) is -3.94. The molecule has 0 aliphatic carbocycles. The van der Waals surface area contributed by atoms with Gasteiger partial charge in [-0.1, -0.05) is 34.1 Å². The summed E-state index contributed by atoms with van der Waals surface area (Å²) >= 11 is 3.45. The highest BCUT2D eigenvalue weighted by molar-refractivity contribution is 9.10. The minimum Gasteiger partial charge on any atom is -0.345 e. The number of benzene rings is 2. The van der Waals surface area contributed by atoms with Crippen LogP contribution >= 0.6 is 15.9 Å². The number of fused-ring (bicyclic) bond motifs is 1. The highest BCUT2D eigenvalue weighted by atomic mass is 79.9. The topological polar surface area (TPSA) is 83.6 Å². The van der Waals surface area contributed by atoms with Crippen LogP contribution in [0, 0.1) is 0 Å². The maximum absolute atomic E-state index is 12.7. The molecule has 1 aliphatic heterocycles. The van der Waals surface area contributed by atoms with Gasteiger partial charge in [0.15, 0.2) is 0 Å². The van der Waals surface area contributed by atoms with Crippen LogP contribution in [-0.2, 0) is 10.0 Å². The van der Waals surface area contributed by atoms with Gasteiger partial charge in [0.1, 0.15) is 4.90 Å². The minimum absolute atomic E-state index is 0.0964. The molecule has 0 saturated carbocycles. The van der Waals surface area contributed by atoms with Crippen molar-refractivity contribution in [1.29, 1.82) is 0 Å². The maximum atomic E-state index is 12.7. The first-order valence-electron chi connectivity index (χ1n) is 8.42. The highest BCUT2D eigenvalue weighted by Crippen LogP contribution is 2.32. The SMILES string of the molecule is CC(NC(=O)c1ccc2c(c1)S(=O)(=O)N(C(C)C)C2=O)c1ccccc1Br. The predicted octanol–water partition coefficient (Wildman–Crippen LogP) is 3.49. The van der Waals surface area contributed by atoms with Gasteiger partial charge < -0.3 is 5.32 Å². The number of sulfonamides is 1. The van der Waals surface area contributed by atoms with E-state index in [1.54, 1.807) is 13.8 Å². The molecule has 3 rings (SSSR count). The van der Waals surface area contributed by atoms with Crippen molar-refractivity contribution in [2.24, 2.45) is 0 Å². The molecule has 0 fully saturated rings. The van der Waals surface area contributed by atoms with E-state index in [-0.39, 0.29) is 22.1 Å². The first-order valence-corrected chi connectivity index (χ1v) is 10.7. The third-order valence-electron chi connectivity index (χ3n) is 4.40. The third kappa shape index (κ3) is 3.39. The Balaban J connectivity index is 1.91. The van der Waals surface area contributed by atoms with Crippen LogP contribution in [-0.4, -0.2) is 30.6 Å². The Kier molecular flexibility index (Phi) is 5.14. The van der Waals surface area contributed by atoms with Crippen molar-refractivity contribution in [2.75, 3.05) is 0 Å². The predicted molar refractivity (Wildman–Crippen MR) is 105 cm³/mol. The monoisotopic (exact) mass is 450 g/mol. The Labute approximate surface area is 166 Å². The van der Waals surface area contributed by atoms with Crippen LogP contribution in [0.15, 0.2) is 51.8 Å². The number of carbonyl (C=O) groups is 2. The molecule has 1 atom stereocenters. The van der Waals surface area contributed by atoms with Crippen molar-refractivity contribution < 1.29 is 18.0 Å². The Morgan fingerprint density at radius 2 is 1.78 bits per heavy atom. The molecule has 0 bridgehead atoms. The number of nitrogens with one attached hydrogen (secondary N) is 1. The molecular weight excluding hydrogens is 432 g/mol. The third-order valence-corrected chi connectivity index (χ3v) is 7.12. The molecule has 6 nitrogen and oxygen atoms in total. The summed E-state index contributed by atoms with van der Waals surface area (Å²) in [4.78, 5) is 24.9. The smallest absolute Gasteiger partial charge is 0.269 e. The first-order chi connectivity index (χ1) is 12.6. The highest BCUT2D eigenvalue weighted by Gasteiger charge is 2.42. The number of hydrogen-bond acceptors (Lipinski definition) is 4. The zero-order valence-electron chi connectivity index (χ0n) is 15.1. The number of nitrogens with zero attached hydrogens (tertiary/aromatic N) is 1. The van der Waals surface area contributed by atoms with Gasteiger partial charge in [0, 0.05) is 16.1 Å². The molecule has 2 amide bonds. The van der Waals surface area contributed by atoms with Crippen LogP contribution in [0.2, 0.25) is 0 Å². The van der Waals surface area contributed by atoms with Crippen molar-refractivity contribution >= 4 is 37.8 Å². The summed E-state index contributed by atoms with van der Waals surface area (Å²) in [6.07, 6.45) is 0. The lowest BCUT2D eigenvalue weighted by molar-refractivity contribution is 0.0845. The number of carbonyl (C=O) groups excluding carboxylic acids is 2. The fourth-order valence-corrected chi connectivity index (χ4v) is 5.50. The molecule has 0 saturated heterocycles. The van der Waals surface area contributed by atoms with Gasteiger partial charge in [0.25, 0.3) is 21.8 Å². The lowest BCUT2D eigenvalue weighted by atomic mass is 10.1. The molecule has 2 aromatic carbocycles. The van der Waals surface area contributed by atoms with Crippen molar-refractivity contribution in [3.8, 4) is 0 Å². The first kappa shape index (κ1) is 19.6. The second-order valence-electron chi connectivity index (χ2n) is 6.63. The van der Waals surface area contributed by atoms with Gasteiger partial charge in [0.2, 0.25) is 0 Å². The molecule has 8 heteroatoms. The van der Waals surface area contributed by atoms with Gasteiger partial charge >= 0.3 is 0 Å². The zero-order chi connectivity index (χ0) is 19.9. The van der Waals surface area contributed by atoms with E-state index in [0.717, 1.165) is 14.3 Å². The average molecular weight is 451 g/mol. The Morgan fingerprint density at radius 1 is 1.11 bits per heavy atom. The molecular formula is C19H19BrN2O4S. The van der Waals surface area contributed by atoms with Crippen molar-refractivity contribution in [1.82, 2.24) is 9.62 Å². The van der Waals surface area contributed by atoms with Gasteiger partial charge in [-0.05, 0) is 50.6 Å². The molecule has 1 heterocycles. The van der Waals surface area contributed by atoms with E-state index in [0.29, 0.717) is 0 Å². The minimum atomic E-state index is -3.94. The number of rotatable bonds is 4. The number of halogens is 1. The van der Waals surface area contributed by atoms with Gasteiger partial charge in [0.05, 0.1) is 11.6 Å². The molecule has 0 aromatic heterocycles. The fraction of sp³-hybridized carbons (Fsp3) is 0.263. The molecule has 0 spiro atoms. The van der Waals surface area contributed by atoms with Crippen LogP contribution < -0.4 is 5.32 Å². The van der Waals surface area contributed by atoms with Crippen molar-refractivity contribution in [3.05, 3.63) is 63.6 Å². The maximum Gasteiger partial charge on any atom is 0.269 e. The van der Waals surface area contributed by atoms with E-state index in [2.05, 4.69) is 21.2 Å². The van der Waals surface area contributed by atoms with Gasteiger partial charge in [-0.3, -0.25) is 9.59 Å². The second-order valence-corrected chi connectivity index (χ2v) is 9.27. The van der Waals surface area contributed by atoms with Gasteiger partial charge in [-0.15, -0.1) is 0 Å². The number of hydrogen-bond donors (Lipinski definition) is 1. The normalized spacial score (nSPS) is 16.3. The Morgan fingerprint density at radius 3 is 2.41 bits per heavy atom. The van der Waals surface area contributed by atoms with Gasteiger partial charge in [-0.25, -0.2) is 12.7 Å². The molecule has 27 heavy (non-hydrogen) atoms. The summed E-state index contributed by atoms with van der Waals surface area (Å²) in [5, 5.41) is 2.85. The Hall–Kier alpha value is -2.19. The Bertz CT molecular complexity index is 1030. The van der Waals surface area contributed by atoms with Gasteiger partial charge in [-0.2, -0.15) is 0 Å². The van der Waals surface area contributed by atoms with Crippen LogP contribution in [0.5, 0.6) is 0 Å². The van der Waals surface area contributed by atoms with E-state index in [4.69, 9.17) is 0 Å². The largest absolute Gasteiger partial charge is 0.345 e. The molecule has 2 aromatic rings. The molecule has 1 unspecified atom stereocenters. The van der Waals surface area contributed by atoms with Crippen molar-refractivity contribution in [2.45, 2.75) is 37.8 Å². The molecule has 142 valence electrons. The summed E-state index contributed by atoms with van der Waals surface area (Å²) in [6.45, 7) is 5.11. The number of amides is 2. The zero-order valence-corrected chi connectivity index (χ0v) is 17.5. The second kappa shape index (κ2) is 7.09. The fourth-order valence-electron chi connectivity index (χ4n) is 3.08. The standard InChI is InChI=1S/C19H19BrN2O4S/c1-11(2)22-19(24)15-9-8-13(10-17(15)27(22,25)26)18(23)21-12(3)14-6-4-5-7-16(14)20/h4-12H,1-3H3,(H,21,23). The summed E-state index contributed by atoms with van der Waals surface area (Å²) < 4.78 is 27.1. The lowest BCUT2D eigenvalue weighted by Gasteiger charge is -2.18. The quantitative estimate of drug-likeness (QED) is 0.772. The lowest BCUT2D eigenvalue weighted by Crippen LogP contribution is -2.36. The van der Waals surface area contributed by atoms with E-state index in [1.165, 1.54) is 18.2 Å². The van der Waals surface area contributed by atoms with Crippen LogP contribution in [0.25, 0.3) is 0 Å². The van der Waals surface area contributed by atoms with Crippen LogP contribution in [0.4, 0.5) is 0 Å². The van der Waals surface area contributed by atoms with E-state index < -0.39 is 27.9 Å². The summed E-state index contributed by atoms with van der Waals surface area (Å²) in [5.41, 5.74) is 1.19. The molecule has 1 N–H and O–H groups in total. The van der Waals surface area contributed by atoms with Crippen LogP contribution in [0.1, 0.15) is 53.1 Å². The molecule has 0 radical (unpaired) electrons.